The normalized spacial score (nSPS) is 26.7. The second-order valence-electron chi connectivity index (χ2n) is 6.48. The van der Waals surface area contributed by atoms with Crippen molar-refractivity contribution >= 4 is 21.7 Å². The summed E-state index contributed by atoms with van der Waals surface area (Å²) in [6.07, 6.45) is 1.51. The maximum Gasteiger partial charge on any atom is 0.308 e. The number of sulfonamides is 1. The maximum absolute atomic E-state index is 13.1. The van der Waals surface area contributed by atoms with Crippen molar-refractivity contribution in [2.24, 2.45) is 5.92 Å². The van der Waals surface area contributed by atoms with Gasteiger partial charge in [-0.3, -0.25) is 14.9 Å². The fourth-order valence-electron chi connectivity index (χ4n) is 4.12. The van der Waals surface area contributed by atoms with Crippen molar-refractivity contribution < 1.29 is 23.2 Å². The van der Waals surface area contributed by atoms with Crippen LogP contribution < -0.4 is 0 Å². The van der Waals surface area contributed by atoms with E-state index in [9.17, 15) is 28.4 Å². The minimum absolute atomic E-state index is 0.0519. The number of nitrogens with zero attached hydrogens (tertiary/aromatic N) is 2. The molecule has 0 amide bonds. The number of carboxylic acid groups (broad SMARTS) is 1. The van der Waals surface area contributed by atoms with Gasteiger partial charge in [0.2, 0.25) is 10.0 Å². The van der Waals surface area contributed by atoms with Crippen molar-refractivity contribution in [3.8, 4) is 0 Å². The van der Waals surface area contributed by atoms with Crippen LogP contribution >= 0.6 is 0 Å². The van der Waals surface area contributed by atoms with Crippen LogP contribution in [0.2, 0.25) is 0 Å². The second-order valence-corrected chi connectivity index (χ2v) is 8.26. The van der Waals surface area contributed by atoms with Crippen molar-refractivity contribution in [1.29, 1.82) is 0 Å². The van der Waals surface area contributed by atoms with Gasteiger partial charge < -0.3 is 5.11 Å². The van der Waals surface area contributed by atoms with E-state index in [0.29, 0.717) is 30.4 Å². The number of aliphatic carboxylic acids is 1. The fraction of sp³-hybridized carbons (Fsp3) is 0.533. The Kier molecular flexibility index (Phi) is 3.88. The van der Waals surface area contributed by atoms with Gasteiger partial charge in [-0.1, -0.05) is 0 Å². The summed E-state index contributed by atoms with van der Waals surface area (Å²) in [6.45, 7) is 3.05. The van der Waals surface area contributed by atoms with Crippen LogP contribution in [0.1, 0.15) is 30.4 Å². The number of nitro benzene ring substituents is 1. The molecule has 1 N–H and O–H groups in total. The van der Waals surface area contributed by atoms with Crippen molar-refractivity contribution in [2.75, 3.05) is 0 Å². The van der Waals surface area contributed by atoms with Crippen molar-refractivity contribution in [3.05, 3.63) is 33.4 Å². The Morgan fingerprint density at radius 1 is 1.29 bits per heavy atom. The van der Waals surface area contributed by atoms with Gasteiger partial charge in [-0.25, -0.2) is 8.42 Å². The van der Waals surface area contributed by atoms with Gasteiger partial charge in [-0.05, 0) is 44.2 Å². The maximum atomic E-state index is 13.1. The molecule has 1 aromatic carbocycles. The standard InChI is InChI=1S/C15H18N2O6S/c1-8-5-11(17(20)21)6-9(2)14(8)24(22,23)16-10-3-4-13(16)12(7-10)15(18)19/h5-6,10,12-13H,3-4,7H2,1-2H3,(H,18,19). The Balaban J connectivity index is 2.07. The monoisotopic (exact) mass is 354 g/mol. The van der Waals surface area contributed by atoms with E-state index in [2.05, 4.69) is 0 Å². The number of benzene rings is 1. The summed E-state index contributed by atoms with van der Waals surface area (Å²) in [5.41, 5.74) is 0.455. The molecule has 2 heterocycles. The predicted molar refractivity (Wildman–Crippen MR) is 84.1 cm³/mol. The third kappa shape index (κ3) is 2.39. The summed E-state index contributed by atoms with van der Waals surface area (Å²) >= 11 is 0. The van der Waals surface area contributed by atoms with Gasteiger partial charge in [0.1, 0.15) is 0 Å². The Morgan fingerprint density at radius 2 is 1.88 bits per heavy atom. The quantitative estimate of drug-likeness (QED) is 0.651. The number of carboxylic acids is 1. The van der Waals surface area contributed by atoms with Crippen LogP contribution in [0.3, 0.4) is 0 Å². The molecule has 2 aliphatic rings. The van der Waals surface area contributed by atoms with Crippen LogP contribution in [0.15, 0.2) is 17.0 Å². The van der Waals surface area contributed by atoms with Gasteiger partial charge in [0, 0.05) is 24.2 Å². The molecule has 3 rings (SSSR count). The van der Waals surface area contributed by atoms with Gasteiger partial charge in [0.15, 0.2) is 0 Å². The highest BCUT2D eigenvalue weighted by Gasteiger charge is 2.54. The zero-order valence-electron chi connectivity index (χ0n) is 13.3. The lowest BCUT2D eigenvalue weighted by Gasteiger charge is -2.24. The van der Waals surface area contributed by atoms with E-state index < -0.39 is 32.9 Å². The largest absolute Gasteiger partial charge is 0.481 e. The number of hydrogen-bond acceptors (Lipinski definition) is 5. The third-order valence-electron chi connectivity index (χ3n) is 4.98. The molecule has 8 nitrogen and oxygen atoms in total. The first kappa shape index (κ1) is 16.8. The Hall–Kier alpha value is -2.00. The van der Waals surface area contributed by atoms with Crippen molar-refractivity contribution in [2.45, 2.75) is 50.1 Å². The molecular weight excluding hydrogens is 336 g/mol. The zero-order chi connectivity index (χ0) is 17.8. The molecule has 3 atom stereocenters. The molecule has 130 valence electrons. The highest BCUT2D eigenvalue weighted by molar-refractivity contribution is 7.89. The highest BCUT2D eigenvalue weighted by Crippen LogP contribution is 2.46. The summed E-state index contributed by atoms with van der Waals surface area (Å²) in [5.74, 6) is -1.66. The third-order valence-corrected chi connectivity index (χ3v) is 7.27. The number of fused-ring (bicyclic) bond motifs is 2. The summed E-state index contributed by atoms with van der Waals surface area (Å²) in [5, 5.41) is 20.2. The lowest BCUT2D eigenvalue weighted by molar-refractivity contribution is -0.385. The number of hydrogen-bond donors (Lipinski definition) is 1. The van der Waals surface area contributed by atoms with Crippen molar-refractivity contribution in [1.82, 2.24) is 4.31 Å². The molecule has 24 heavy (non-hydrogen) atoms. The lowest BCUT2D eigenvalue weighted by Crippen LogP contribution is -2.38. The van der Waals surface area contributed by atoms with E-state index in [1.807, 2.05) is 0 Å². The van der Waals surface area contributed by atoms with Gasteiger partial charge in [-0.15, -0.1) is 0 Å². The minimum Gasteiger partial charge on any atom is -0.481 e. The molecule has 1 aromatic rings. The van der Waals surface area contributed by atoms with Crippen molar-refractivity contribution in [3.63, 3.8) is 0 Å². The summed E-state index contributed by atoms with van der Waals surface area (Å²) in [7, 11) is -3.90. The van der Waals surface area contributed by atoms with Gasteiger partial charge >= 0.3 is 5.97 Å². The Bertz CT molecular complexity index is 811. The van der Waals surface area contributed by atoms with E-state index >= 15 is 0 Å². The van der Waals surface area contributed by atoms with Crippen LogP contribution in [0.4, 0.5) is 5.69 Å². The molecule has 2 fully saturated rings. The van der Waals surface area contributed by atoms with Gasteiger partial charge in [0.05, 0.1) is 15.7 Å². The molecule has 9 heteroatoms. The molecule has 0 aromatic heterocycles. The lowest BCUT2D eigenvalue weighted by atomic mass is 9.89. The van der Waals surface area contributed by atoms with Gasteiger partial charge in [-0.2, -0.15) is 4.31 Å². The number of nitro groups is 1. The van der Waals surface area contributed by atoms with E-state index in [-0.39, 0.29) is 16.6 Å². The fourth-order valence-corrected chi connectivity index (χ4v) is 6.46. The molecule has 0 aliphatic carbocycles. The molecule has 2 bridgehead atoms. The molecule has 2 aliphatic heterocycles. The number of non-ortho nitro benzene ring substituents is 1. The number of rotatable bonds is 4. The summed E-state index contributed by atoms with van der Waals surface area (Å²) in [6, 6.07) is 1.64. The van der Waals surface area contributed by atoms with Gasteiger partial charge in [0.25, 0.3) is 5.69 Å². The summed E-state index contributed by atoms with van der Waals surface area (Å²) in [4.78, 5) is 21.8. The molecule has 0 radical (unpaired) electrons. The number of aryl methyl sites for hydroxylation is 2. The Labute approximate surface area is 139 Å². The second kappa shape index (κ2) is 5.52. The van der Waals surface area contributed by atoms with Crippen LogP contribution in [-0.2, 0) is 14.8 Å². The molecule has 3 unspecified atom stereocenters. The van der Waals surface area contributed by atoms with E-state index in [1.165, 1.54) is 30.3 Å². The molecular formula is C15H18N2O6S. The van der Waals surface area contributed by atoms with E-state index in [4.69, 9.17) is 0 Å². The minimum atomic E-state index is -3.90. The average Bonchev–Trinajstić information content (AvgIpc) is 3.04. The smallest absolute Gasteiger partial charge is 0.308 e. The SMILES string of the molecule is Cc1cc([N+](=O)[O-])cc(C)c1S(=O)(=O)N1C2CCC1C(C(=O)O)C2. The molecule has 0 spiro atoms. The van der Waals surface area contributed by atoms with Crippen LogP contribution in [0.25, 0.3) is 0 Å². The predicted octanol–water partition coefficient (Wildman–Crippen LogP) is 1.84. The highest BCUT2D eigenvalue weighted by atomic mass is 32.2. The first-order valence-electron chi connectivity index (χ1n) is 7.66. The van der Waals surface area contributed by atoms with E-state index in [0.717, 1.165) is 0 Å². The average molecular weight is 354 g/mol. The van der Waals surface area contributed by atoms with Crippen LogP contribution in [0, 0.1) is 29.9 Å². The summed E-state index contributed by atoms with van der Waals surface area (Å²) < 4.78 is 27.6. The molecule has 2 saturated heterocycles. The van der Waals surface area contributed by atoms with Crippen LogP contribution in [0.5, 0.6) is 0 Å². The first-order chi connectivity index (χ1) is 11.1. The van der Waals surface area contributed by atoms with E-state index in [1.54, 1.807) is 0 Å². The zero-order valence-corrected chi connectivity index (χ0v) is 14.1. The topological polar surface area (TPSA) is 118 Å². The number of carbonyl (C=O) groups is 1. The molecule has 0 saturated carbocycles. The first-order valence-corrected chi connectivity index (χ1v) is 9.10. The Morgan fingerprint density at radius 3 is 2.33 bits per heavy atom. The van der Waals surface area contributed by atoms with Crippen LogP contribution in [-0.4, -0.2) is 40.8 Å².